The molecular formula is C8H17NO2S. The second-order valence-corrected chi connectivity index (χ2v) is 4.98. The first-order valence-electron chi connectivity index (χ1n) is 4.48. The van der Waals surface area contributed by atoms with Crippen LogP contribution in [0.1, 0.15) is 26.7 Å². The maximum atomic E-state index is 11.4. The lowest BCUT2D eigenvalue weighted by molar-refractivity contribution is 0.0884. The van der Waals surface area contributed by atoms with Crippen LogP contribution >= 0.6 is 0 Å². The molecule has 4 heteroatoms. The minimum Gasteiger partial charge on any atom is -0.392 e. The summed E-state index contributed by atoms with van der Waals surface area (Å²) in [6.07, 6.45) is 1.52. The smallest absolute Gasteiger partial charge is 0.0943 e. The van der Waals surface area contributed by atoms with E-state index in [1.54, 1.807) is 0 Å². The molecule has 1 N–H and O–H groups in total. The van der Waals surface area contributed by atoms with Crippen LogP contribution < -0.4 is 0 Å². The van der Waals surface area contributed by atoms with Crippen molar-refractivity contribution in [3.8, 4) is 0 Å². The number of rotatable bonds is 2. The molecule has 1 heterocycles. The molecule has 1 saturated heterocycles. The first-order chi connectivity index (χ1) is 5.65. The van der Waals surface area contributed by atoms with E-state index in [9.17, 15) is 9.32 Å². The van der Waals surface area contributed by atoms with Gasteiger partial charge < -0.3 is 5.11 Å². The molecular weight excluding hydrogens is 174 g/mol. The summed E-state index contributed by atoms with van der Waals surface area (Å²) in [7, 11) is -0.891. The summed E-state index contributed by atoms with van der Waals surface area (Å²) in [6, 6.07) is 0.356. The molecule has 0 spiro atoms. The monoisotopic (exact) mass is 191 g/mol. The third-order valence-corrected chi connectivity index (χ3v) is 3.83. The summed E-state index contributed by atoms with van der Waals surface area (Å²) in [4.78, 5) is 0. The second-order valence-electron chi connectivity index (χ2n) is 3.29. The first-order valence-corrected chi connectivity index (χ1v) is 5.76. The molecule has 3 atom stereocenters. The highest BCUT2D eigenvalue weighted by molar-refractivity contribution is 7.82. The van der Waals surface area contributed by atoms with E-state index in [0.717, 1.165) is 12.8 Å². The number of aliphatic hydroxyl groups excluding tert-OH is 1. The van der Waals surface area contributed by atoms with E-state index in [-0.39, 0.29) is 6.10 Å². The lowest BCUT2D eigenvalue weighted by Gasteiger charge is -2.34. The molecule has 0 saturated carbocycles. The van der Waals surface area contributed by atoms with Crippen molar-refractivity contribution in [2.45, 2.75) is 38.8 Å². The standard InChI is InChI=1S/C8H17NO2S/c1-3-12(11)9-6-8(10)5-4-7(9)2/h7-8,10H,3-6H2,1-2H3. The fourth-order valence-electron chi connectivity index (χ4n) is 1.51. The lowest BCUT2D eigenvalue weighted by Crippen LogP contribution is -2.45. The third-order valence-electron chi connectivity index (χ3n) is 2.31. The van der Waals surface area contributed by atoms with Gasteiger partial charge in [-0.1, -0.05) is 6.92 Å². The van der Waals surface area contributed by atoms with Crippen LogP contribution in [0.5, 0.6) is 0 Å². The van der Waals surface area contributed by atoms with Crippen LogP contribution in [-0.4, -0.2) is 38.1 Å². The van der Waals surface area contributed by atoms with Crippen LogP contribution in [0.3, 0.4) is 0 Å². The highest BCUT2D eigenvalue weighted by Crippen LogP contribution is 2.18. The summed E-state index contributed by atoms with van der Waals surface area (Å²) in [5.74, 6) is 0.650. The molecule has 3 nitrogen and oxygen atoms in total. The highest BCUT2D eigenvalue weighted by atomic mass is 32.2. The quantitative estimate of drug-likeness (QED) is 0.691. The van der Waals surface area contributed by atoms with Gasteiger partial charge in [0.05, 0.1) is 17.1 Å². The normalized spacial score (nSPS) is 34.9. The summed E-state index contributed by atoms with van der Waals surface area (Å²) in [5, 5.41) is 9.37. The minimum absolute atomic E-state index is 0.281. The van der Waals surface area contributed by atoms with Gasteiger partial charge in [0.1, 0.15) is 0 Å². The van der Waals surface area contributed by atoms with E-state index in [0.29, 0.717) is 18.3 Å². The Kier molecular flexibility index (Phi) is 3.68. The van der Waals surface area contributed by atoms with Gasteiger partial charge in [0, 0.05) is 18.3 Å². The van der Waals surface area contributed by atoms with E-state index < -0.39 is 11.0 Å². The first kappa shape index (κ1) is 10.2. The molecule has 0 aromatic rings. The minimum atomic E-state index is -0.891. The van der Waals surface area contributed by atoms with Gasteiger partial charge in [-0.15, -0.1) is 0 Å². The molecule has 0 amide bonds. The maximum absolute atomic E-state index is 11.4. The summed E-state index contributed by atoms with van der Waals surface area (Å²) in [6.45, 7) is 4.55. The molecule has 0 aliphatic carbocycles. The van der Waals surface area contributed by atoms with Crippen LogP contribution in [0, 0.1) is 0 Å². The topological polar surface area (TPSA) is 40.5 Å². The predicted molar refractivity (Wildman–Crippen MR) is 50.1 cm³/mol. The Hall–Kier alpha value is 0.0700. The van der Waals surface area contributed by atoms with Gasteiger partial charge in [0.25, 0.3) is 0 Å². The van der Waals surface area contributed by atoms with Gasteiger partial charge in [-0.3, -0.25) is 0 Å². The maximum Gasteiger partial charge on any atom is 0.0943 e. The van der Waals surface area contributed by atoms with Gasteiger partial charge in [0.2, 0.25) is 0 Å². The molecule has 0 aromatic carbocycles. The summed E-state index contributed by atoms with van der Waals surface area (Å²) >= 11 is 0. The molecule has 1 aliphatic rings. The number of hydrogen-bond acceptors (Lipinski definition) is 2. The Bertz CT molecular complexity index is 174. The lowest BCUT2D eigenvalue weighted by atomic mass is 10.0. The number of hydrogen-bond donors (Lipinski definition) is 1. The molecule has 0 radical (unpaired) electrons. The molecule has 1 rings (SSSR count). The molecule has 1 aliphatic heterocycles. The van der Waals surface area contributed by atoms with Gasteiger partial charge in [-0.2, -0.15) is 0 Å². The molecule has 0 aromatic heterocycles. The number of aliphatic hydroxyl groups is 1. The highest BCUT2D eigenvalue weighted by Gasteiger charge is 2.26. The van der Waals surface area contributed by atoms with Crippen LogP contribution in [0.4, 0.5) is 0 Å². The fourth-order valence-corrected chi connectivity index (χ4v) is 2.68. The van der Waals surface area contributed by atoms with Crippen molar-refractivity contribution in [2.24, 2.45) is 0 Å². The Morgan fingerprint density at radius 3 is 2.83 bits per heavy atom. The molecule has 1 fully saturated rings. The molecule has 12 heavy (non-hydrogen) atoms. The Morgan fingerprint density at radius 1 is 1.58 bits per heavy atom. The Balaban J connectivity index is 2.54. The van der Waals surface area contributed by atoms with Gasteiger partial charge in [0.15, 0.2) is 0 Å². The van der Waals surface area contributed by atoms with Crippen LogP contribution in [-0.2, 0) is 11.0 Å². The molecule has 3 unspecified atom stereocenters. The van der Waals surface area contributed by atoms with Crippen LogP contribution in [0.25, 0.3) is 0 Å². The molecule has 72 valence electrons. The van der Waals surface area contributed by atoms with Gasteiger partial charge in [-0.25, -0.2) is 8.51 Å². The number of β-amino-alcohol motifs (C(OH)–C–C–N with tert-alkyl or cyclic N) is 1. The van der Waals surface area contributed by atoms with Gasteiger partial charge >= 0.3 is 0 Å². The van der Waals surface area contributed by atoms with Crippen molar-refractivity contribution >= 4 is 11.0 Å². The second kappa shape index (κ2) is 4.35. The van der Waals surface area contributed by atoms with Gasteiger partial charge in [-0.05, 0) is 19.8 Å². The zero-order valence-corrected chi connectivity index (χ0v) is 8.51. The van der Waals surface area contributed by atoms with Crippen molar-refractivity contribution in [1.82, 2.24) is 4.31 Å². The zero-order chi connectivity index (χ0) is 9.14. The predicted octanol–water partition coefficient (Wildman–Crippen LogP) is 0.515. The van der Waals surface area contributed by atoms with E-state index in [1.165, 1.54) is 0 Å². The van der Waals surface area contributed by atoms with Crippen molar-refractivity contribution in [1.29, 1.82) is 0 Å². The average molecular weight is 191 g/mol. The Morgan fingerprint density at radius 2 is 2.25 bits per heavy atom. The SMILES string of the molecule is CCS(=O)N1CC(O)CCC1C. The number of piperidine rings is 1. The largest absolute Gasteiger partial charge is 0.392 e. The van der Waals surface area contributed by atoms with Crippen LogP contribution in [0.15, 0.2) is 0 Å². The fraction of sp³-hybridized carbons (Fsp3) is 1.00. The van der Waals surface area contributed by atoms with E-state index in [2.05, 4.69) is 6.92 Å². The van der Waals surface area contributed by atoms with E-state index in [1.807, 2.05) is 11.2 Å². The third kappa shape index (κ3) is 2.28. The van der Waals surface area contributed by atoms with Crippen molar-refractivity contribution < 1.29 is 9.32 Å². The number of nitrogens with zero attached hydrogens (tertiary/aromatic N) is 1. The van der Waals surface area contributed by atoms with E-state index >= 15 is 0 Å². The van der Waals surface area contributed by atoms with Crippen molar-refractivity contribution in [3.05, 3.63) is 0 Å². The van der Waals surface area contributed by atoms with Crippen molar-refractivity contribution in [2.75, 3.05) is 12.3 Å². The zero-order valence-electron chi connectivity index (χ0n) is 7.69. The van der Waals surface area contributed by atoms with Crippen molar-refractivity contribution in [3.63, 3.8) is 0 Å². The Labute approximate surface area is 76.4 Å². The van der Waals surface area contributed by atoms with Crippen LogP contribution in [0.2, 0.25) is 0 Å². The summed E-state index contributed by atoms with van der Waals surface area (Å²) < 4.78 is 13.3. The van der Waals surface area contributed by atoms with E-state index in [4.69, 9.17) is 0 Å². The molecule has 0 bridgehead atoms. The average Bonchev–Trinajstić information content (AvgIpc) is 2.08. The summed E-state index contributed by atoms with van der Waals surface area (Å²) in [5.41, 5.74) is 0.